The van der Waals surface area contributed by atoms with E-state index in [0.717, 1.165) is 5.56 Å². The van der Waals surface area contributed by atoms with E-state index in [2.05, 4.69) is 24.5 Å². The van der Waals surface area contributed by atoms with E-state index < -0.39 is 11.4 Å². The van der Waals surface area contributed by atoms with E-state index in [1.54, 1.807) is 19.1 Å². The van der Waals surface area contributed by atoms with Crippen LogP contribution in [0.15, 0.2) is 41.5 Å². The summed E-state index contributed by atoms with van der Waals surface area (Å²) in [5.41, 5.74) is 0.629. The molecule has 1 aromatic carbocycles. The number of likely N-dealkylation sites (tertiary alicyclic amines) is 1. The predicted molar refractivity (Wildman–Crippen MR) is 101 cm³/mol. The molecule has 136 valence electrons. The van der Waals surface area contributed by atoms with Crippen molar-refractivity contribution in [1.82, 2.24) is 9.80 Å². The molecule has 0 bridgehead atoms. The Bertz CT molecular complexity index is 712. The largest absolute Gasteiger partial charge is 0.385 e. The summed E-state index contributed by atoms with van der Waals surface area (Å²) >= 11 is 4.09. The number of nitrogens with one attached hydrogen (secondary N) is 1. The van der Waals surface area contributed by atoms with Crippen LogP contribution in [0, 0.1) is 12.7 Å². The van der Waals surface area contributed by atoms with Crippen LogP contribution >= 0.6 is 12.6 Å². The van der Waals surface area contributed by atoms with Gasteiger partial charge in [-0.2, -0.15) is 0 Å². The van der Waals surface area contributed by atoms with Gasteiger partial charge in [0.05, 0.1) is 30.0 Å². The number of aliphatic hydroxyl groups is 1. The summed E-state index contributed by atoms with van der Waals surface area (Å²) < 4.78 is 14.0. The number of benzene rings is 1. The minimum Gasteiger partial charge on any atom is -0.385 e. The van der Waals surface area contributed by atoms with Crippen LogP contribution in [0.25, 0.3) is 0 Å². The summed E-state index contributed by atoms with van der Waals surface area (Å²) in [4.78, 5) is 15.9. The first-order chi connectivity index (χ1) is 11.6. The first kappa shape index (κ1) is 19.5. The van der Waals surface area contributed by atoms with Crippen molar-refractivity contribution in [1.29, 1.82) is 0 Å². The monoisotopic (exact) mass is 365 g/mol. The smallest absolute Gasteiger partial charge is 0.255 e. The van der Waals surface area contributed by atoms with Crippen LogP contribution < -0.4 is 5.32 Å². The topological polar surface area (TPSA) is 55.8 Å². The summed E-state index contributed by atoms with van der Waals surface area (Å²) in [6.45, 7) is 6.54. The Morgan fingerprint density at radius 1 is 1.52 bits per heavy atom. The highest BCUT2D eigenvalue weighted by molar-refractivity contribution is 7.83. The van der Waals surface area contributed by atoms with Crippen molar-refractivity contribution in [3.63, 3.8) is 0 Å². The SMILES string of the molecule is C=C(C(=O)N1CC(O)(CN(C)C)C1)/C(=C\S)Nc1ccc(C)cc1F. The van der Waals surface area contributed by atoms with Crippen molar-refractivity contribution in [2.45, 2.75) is 12.5 Å². The lowest BCUT2D eigenvalue weighted by Crippen LogP contribution is -2.67. The molecule has 1 amide bonds. The van der Waals surface area contributed by atoms with Gasteiger partial charge in [-0.15, -0.1) is 12.6 Å². The molecular formula is C18H24FN3O2S. The zero-order valence-corrected chi connectivity index (χ0v) is 15.6. The average Bonchev–Trinajstić information content (AvgIpc) is 2.50. The Morgan fingerprint density at radius 2 is 2.16 bits per heavy atom. The maximum absolute atomic E-state index is 14.0. The molecule has 0 spiro atoms. The van der Waals surface area contributed by atoms with E-state index in [1.807, 2.05) is 19.0 Å². The van der Waals surface area contributed by atoms with Gasteiger partial charge in [0, 0.05) is 6.54 Å². The van der Waals surface area contributed by atoms with Crippen LogP contribution in [-0.4, -0.2) is 60.1 Å². The van der Waals surface area contributed by atoms with Gasteiger partial charge in [0.2, 0.25) is 0 Å². The molecule has 2 N–H and O–H groups in total. The van der Waals surface area contributed by atoms with E-state index in [0.29, 0.717) is 12.2 Å². The number of rotatable bonds is 6. The number of β-amino-alcohol motifs (C(OH)–C–C–N with tert-alkyl or cyclic N) is 1. The average molecular weight is 365 g/mol. The van der Waals surface area contributed by atoms with Gasteiger partial charge in [-0.3, -0.25) is 4.79 Å². The minimum absolute atomic E-state index is 0.168. The lowest BCUT2D eigenvalue weighted by molar-refractivity contribution is -0.153. The molecule has 0 aliphatic carbocycles. The third kappa shape index (κ3) is 4.62. The fraction of sp³-hybridized carbons (Fsp3) is 0.389. The van der Waals surface area contributed by atoms with Crippen LogP contribution in [0.5, 0.6) is 0 Å². The van der Waals surface area contributed by atoms with Gasteiger partial charge >= 0.3 is 0 Å². The normalized spacial score (nSPS) is 16.6. The first-order valence-electron chi connectivity index (χ1n) is 7.88. The summed E-state index contributed by atoms with van der Waals surface area (Å²) in [5, 5.41) is 14.5. The number of thiol groups is 1. The highest BCUT2D eigenvalue weighted by Gasteiger charge is 2.44. The van der Waals surface area contributed by atoms with Crippen LogP contribution in [0.4, 0.5) is 10.1 Å². The van der Waals surface area contributed by atoms with Crippen LogP contribution in [0.2, 0.25) is 0 Å². The van der Waals surface area contributed by atoms with Gasteiger partial charge < -0.3 is 20.2 Å². The molecule has 2 rings (SSSR count). The molecule has 0 saturated carbocycles. The third-order valence-electron chi connectivity index (χ3n) is 3.97. The Hall–Kier alpha value is -1.83. The molecule has 0 atom stereocenters. The summed E-state index contributed by atoms with van der Waals surface area (Å²) in [7, 11) is 3.73. The van der Waals surface area contributed by atoms with E-state index in [1.165, 1.54) is 16.4 Å². The Labute approximate surface area is 153 Å². The summed E-state index contributed by atoms with van der Waals surface area (Å²) in [6, 6.07) is 4.77. The highest BCUT2D eigenvalue weighted by Crippen LogP contribution is 2.26. The molecule has 0 radical (unpaired) electrons. The molecule has 1 aliphatic heterocycles. The number of amides is 1. The second-order valence-electron chi connectivity index (χ2n) is 6.75. The number of halogens is 1. The van der Waals surface area contributed by atoms with E-state index in [-0.39, 0.29) is 30.3 Å². The number of hydrogen-bond donors (Lipinski definition) is 3. The zero-order valence-electron chi connectivity index (χ0n) is 14.7. The molecule has 0 unspecified atom stereocenters. The van der Waals surface area contributed by atoms with E-state index in [4.69, 9.17) is 0 Å². The van der Waals surface area contributed by atoms with Crippen LogP contribution in [-0.2, 0) is 4.79 Å². The lowest BCUT2D eigenvalue weighted by Gasteiger charge is -2.47. The second-order valence-corrected chi connectivity index (χ2v) is 7.01. The predicted octanol–water partition coefficient (Wildman–Crippen LogP) is 2.01. The Morgan fingerprint density at radius 3 is 2.68 bits per heavy atom. The molecule has 1 fully saturated rings. The van der Waals surface area contributed by atoms with Crippen LogP contribution in [0.3, 0.4) is 0 Å². The number of hydrogen-bond acceptors (Lipinski definition) is 5. The van der Waals surface area contributed by atoms with E-state index >= 15 is 0 Å². The van der Waals surface area contributed by atoms with Gasteiger partial charge in [-0.25, -0.2) is 4.39 Å². The van der Waals surface area contributed by atoms with Crippen molar-refractivity contribution in [2.24, 2.45) is 0 Å². The number of carbonyl (C=O) groups excluding carboxylic acids is 1. The third-order valence-corrected chi connectivity index (χ3v) is 4.23. The van der Waals surface area contributed by atoms with Gasteiger partial charge in [0.25, 0.3) is 5.91 Å². The van der Waals surface area contributed by atoms with Gasteiger partial charge in [0.1, 0.15) is 11.4 Å². The Kier molecular flexibility index (Phi) is 5.92. The van der Waals surface area contributed by atoms with Gasteiger partial charge in [-0.1, -0.05) is 12.6 Å². The van der Waals surface area contributed by atoms with Crippen molar-refractivity contribution < 1.29 is 14.3 Å². The quantitative estimate of drug-likeness (QED) is 0.410. The molecule has 0 aromatic heterocycles. The molecular weight excluding hydrogens is 341 g/mol. The lowest BCUT2D eigenvalue weighted by atomic mass is 9.92. The number of nitrogens with zero attached hydrogens (tertiary/aromatic N) is 2. The minimum atomic E-state index is -0.902. The van der Waals surface area contributed by atoms with Crippen molar-refractivity contribution in [2.75, 3.05) is 39.0 Å². The molecule has 7 heteroatoms. The summed E-state index contributed by atoms with van der Waals surface area (Å²) in [5.74, 6) is -0.735. The fourth-order valence-corrected chi connectivity index (χ4v) is 3.08. The number of aryl methyl sites for hydroxylation is 1. The summed E-state index contributed by atoms with van der Waals surface area (Å²) in [6.07, 6.45) is 0. The van der Waals surface area contributed by atoms with Gasteiger partial charge in [0.15, 0.2) is 0 Å². The fourth-order valence-electron chi connectivity index (χ4n) is 2.85. The Balaban J connectivity index is 2.02. The van der Waals surface area contributed by atoms with Crippen molar-refractivity contribution in [3.05, 3.63) is 52.8 Å². The molecule has 1 aromatic rings. The number of anilines is 1. The van der Waals surface area contributed by atoms with Gasteiger partial charge in [-0.05, 0) is 44.1 Å². The van der Waals surface area contributed by atoms with Crippen molar-refractivity contribution in [3.8, 4) is 0 Å². The van der Waals surface area contributed by atoms with Crippen molar-refractivity contribution >= 4 is 24.2 Å². The molecule has 5 nitrogen and oxygen atoms in total. The second kappa shape index (κ2) is 7.59. The molecule has 1 heterocycles. The number of likely N-dealkylation sites (N-methyl/N-ethyl adjacent to an activating group) is 1. The molecule has 1 aliphatic rings. The maximum atomic E-state index is 14.0. The zero-order chi connectivity index (χ0) is 18.8. The number of carbonyl (C=O) groups is 1. The molecule has 1 saturated heterocycles. The molecule has 25 heavy (non-hydrogen) atoms. The van der Waals surface area contributed by atoms with E-state index in [9.17, 15) is 14.3 Å². The standard InChI is InChI=1S/C18H24FN3O2S/c1-12-5-6-15(14(19)7-12)20-16(8-25)13(2)17(23)22-10-18(24,11-22)9-21(3)4/h5-8,20,24-25H,2,9-11H2,1,3-4H3/b16-8+. The van der Waals surface area contributed by atoms with Crippen LogP contribution in [0.1, 0.15) is 5.56 Å². The maximum Gasteiger partial charge on any atom is 0.255 e. The highest BCUT2D eigenvalue weighted by atomic mass is 32.1. The first-order valence-corrected chi connectivity index (χ1v) is 8.40.